The molecule has 32 heavy (non-hydrogen) atoms. The number of nitrogens with one attached hydrogen (secondary N) is 2. The summed E-state index contributed by atoms with van der Waals surface area (Å²) < 4.78 is 18.9. The number of esters is 1. The Hall–Kier alpha value is -4.08. The Morgan fingerprint density at radius 1 is 1.12 bits per heavy atom. The molecule has 0 aliphatic rings. The zero-order chi connectivity index (χ0) is 23.1. The van der Waals surface area contributed by atoms with Crippen molar-refractivity contribution in [3.8, 4) is 0 Å². The zero-order valence-corrected chi connectivity index (χ0v) is 17.3. The van der Waals surface area contributed by atoms with Crippen LogP contribution in [0.2, 0.25) is 0 Å². The first-order valence-electron chi connectivity index (χ1n) is 9.87. The molecule has 0 saturated carbocycles. The fourth-order valence-electron chi connectivity index (χ4n) is 2.91. The number of ether oxygens (including phenoxy) is 1. The molecular weight excluding hydrogens is 419 g/mol. The summed E-state index contributed by atoms with van der Waals surface area (Å²) in [5, 5.41) is 5.13. The molecule has 0 saturated heterocycles. The SMILES string of the molecule is CCOC(=O)CCC(=O)Nc1cnc2c(C(=O)NCc3ccc(F)cc3)cccn2c1=O. The first kappa shape index (κ1) is 22.6. The predicted molar refractivity (Wildman–Crippen MR) is 114 cm³/mol. The second kappa shape index (κ2) is 10.3. The Morgan fingerprint density at radius 2 is 1.88 bits per heavy atom. The second-order valence-electron chi connectivity index (χ2n) is 6.75. The molecule has 10 heteroatoms. The van der Waals surface area contributed by atoms with Crippen LogP contribution in [0.25, 0.3) is 5.65 Å². The summed E-state index contributed by atoms with van der Waals surface area (Å²) in [5.74, 6) is -1.88. The Kier molecular flexibility index (Phi) is 7.27. The lowest BCUT2D eigenvalue weighted by molar-refractivity contribution is -0.144. The molecule has 0 bridgehead atoms. The average molecular weight is 440 g/mol. The molecule has 0 unspecified atom stereocenters. The molecule has 0 aliphatic heterocycles. The molecule has 2 amide bonds. The van der Waals surface area contributed by atoms with E-state index in [0.29, 0.717) is 5.56 Å². The smallest absolute Gasteiger partial charge is 0.306 e. The minimum Gasteiger partial charge on any atom is -0.466 e. The monoisotopic (exact) mass is 440 g/mol. The number of rotatable bonds is 8. The van der Waals surface area contributed by atoms with Gasteiger partial charge in [0.2, 0.25) is 5.91 Å². The van der Waals surface area contributed by atoms with E-state index in [1.807, 2.05) is 0 Å². The van der Waals surface area contributed by atoms with Crippen molar-refractivity contribution >= 4 is 29.1 Å². The maximum Gasteiger partial charge on any atom is 0.306 e. The second-order valence-corrected chi connectivity index (χ2v) is 6.75. The molecule has 9 nitrogen and oxygen atoms in total. The number of carbonyl (C=O) groups excluding carboxylic acids is 3. The van der Waals surface area contributed by atoms with E-state index in [1.165, 1.54) is 30.5 Å². The minimum atomic E-state index is -0.576. The van der Waals surface area contributed by atoms with E-state index >= 15 is 0 Å². The number of hydrogen-bond donors (Lipinski definition) is 2. The fourth-order valence-corrected chi connectivity index (χ4v) is 2.91. The molecule has 0 atom stereocenters. The zero-order valence-electron chi connectivity index (χ0n) is 17.3. The van der Waals surface area contributed by atoms with Crippen LogP contribution in [0.4, 0.5) is 10.1 Å². The van der Waals surface area contributed by atoms with Gasteiger partial charge in [-0.05, 0) is 36.8 Å². The molecule has 0 radical (unpaired) electrons. The minimum absolute atomic E-state index is 0.0831. The van der Waals surface area contributed by atoms with E-state index in [9.17, 15) is 23.6 Å². The van der Waals surface area contributed by atoms with E-state index in [1.54, 1.807) is 19.1 Å². The lowest BCUT2D eigenvalue weighted by atomic mass is 10.2. The van der Waals surface area contributed by atoms with Crippen molar-refractivity contribution in [2.24, 2.45) is 0 Å². The highest BCUT2D eigenvalue weighted by Crippen LogP contribution is 2.10. The van der Waals surface area contributed by atoms with Crippen LogP contribution in [-0.4, -0.2) is 33.8 Å². The number of amides is 2. The van der Waals surface area contributed by atoms with E-state index in [0.717, 1.165) is 10.6 Å². The average Bonchev–Trinajstić information content (AvgIpc) is 2.79. The van der Waals surface area contributed by atoms with Gasteiger partial charge in [-0.15, -0.1) is 0 Å². The van der Waals surface area contributed by atoms with Crippen LogP contribution in [0.1, 0.15) is 35.7 Å². The highest BCUT2D eigenvalue weighted by atomic mass is 19.1. The molecule has 2 N–H and O–H groups in total. The molecule has 0 spiro atoms. The number of benzene rings is 1. The summed E-state index contributed by atoms with van der Waals surface area (Å²) in [7, 11) is 0. The van der Waals surface area contributed by atoms with Crippen molar-refractivity contribution in [1.82, 2.24) is 14.7 Å². The number of hydrogen-bond acceptors (Lipinski definition) is 6. The number of halogens is 1. The number of carbonyl (C=O) groups is 3. The number of pyridine rings is 1. The highest BCUT2D eigenvalue weighted by molar-refractivity contribution is 6.00. The lowest BCUT2D eigenvalue weighted by Gasteiger charge is -2.10. The van der Waals surface area contributed by atoms with Gasteiger partial charge in [-0.2, -0.15) is 0 Å². The largest absolute Gasteiger partial charge is 0.466 e. The topological polar surface area (TPSA) is 119 Å². The molecule has 3 aromatic rings. The molecule has 3 rings (SSSR count). The third kappa shape index (κ3) is 5.54. The summed E-state index contributed by atoms with van der Waals surface area (Å²) in [6.45, 7) is 2.05. The number of nitrogens with zero attached hydrogens (tertiary/aromatic N) is 2. The van der Waals surface area contributed by atoms with Crippen molar-refractivity contribution in [2.75, 3.05) is 11.9 Å². The van der Waals surface area contributed by atoms with Crippen LogP contribution < -0.4 is 16.2 Å². The third-order valence-electron chi connectivity index (χ3n) is 4.48. The van der Waals surface area contributed by atoms with Gasteiger partial charge in [0.05, 0.1) is 24.8 Å². The Morgan fingerprint density at radius 3 is 2.59 bits per heavy atom. The summed E-state index contributed by atoms with van der Waals surface area (Å²) >= 11 is 0. The molecule has 2 aromatic heterocycles. The van der Waals surface area contributed by atoms with Crippen LogP contribution in [0, 0.1) is 5.82 Å². The maximum atomic E-state index is 13.0. The van der Waals surface area contributed by atoms with Gasteiger partial charge in [-0.25, -0.2) is 9.37 Å². The van der Waals surface area contributed by atoms with Crippen LogP contribution in [0.15, 0.2) is 53.6 Å². The van der Waals surface area contributed by atoms with Gasteiger partial charge in [0.1, 0.15) is 11.5 Å². The van der Waals surface area contributed by atoms with Crippen molar-refractivity contribution < 1.29 is 23.5 Å². The van der Waals surface area contributed by atoms with E-state index in [-0.39, 0.29) is 48.7 Å². The van der Waals surface area contributed by atoms with Gasteiger partial charge in [-0.1, -0.05) is 12.1 Å². The summed E-state index contributed by atoms with van der Waals surface area (Å²) in [4.78, 5) is 52.9. The summed E-state index contributed by atoms with van der Waals surface area (Å²) in [5.41, 5.74) is 0.316. The van der Waals surface area contributed by atoms with Crippen LogP contribution in [0.5, 0.6) is 0 Å². The molecule has 2 heterocycles. The Labute approximate surface area is 182 Å². The van der Waals surface area contributed by atoms with Gasteiger partial charge >= 0.3 is 5.97 Å². The molecule has 166 valence electrons. The molecule has 1 aromatic carbocycles. The number of fused-ring (bicyclic) bond motifs is 1. The van der Waals surface area contributed by atoms with Gasteiger partial charge in [0, 0.05) is 19.2 Å². The van der Waals surface area contributed by atoms with Crippen molar-refractivity contribution in [3.05, 3.63) is 76.1 Å². The first-order chi connectivity index (χ1) is 15.4. The van der Waals surface area contributed by atoms with Crippen LogP contribution in [-0.2, 0) is 20.9 Å². The summed E-state index contributed by atoms with van der Waals surface area (Å²) in [6, 6.07) is 8.72. The van der Waals surface area contributed by atoms with Gasteiger partial charge in [0.15, 0.2) is 5.65 Å². The normalized spacial score (nSPS) is 10.6. The highest BCUT2D eigenvalue weighted by Gasteiger charge is 2.15. The number of aromatic nitrogens is 2. The van der Waals surface area contributed by atoms with E-state index in [2.05, 4.69) is 15.6 Å². The van der Waals surface area contributed by atoms with E-state index in [4.69, 9.17) is 4.74 Å². The number of anilines is 1. The molecule has 0 fully saturated rings. The van der Waals surface area contributed by atoms with Gasteiger partial charge in [0.25, 0.3) is 11.5 Å². The standard InChI is InChI=1S/C22H21FN4O5/c1-2-32-19(29)10-9-18(28)26-17-13-24-20-16(4-3-11-27(20)22(17)31)21(30)25-12-14-5-7-15(23)8-6-14/h3-8,11,13H,2,9-10,12H2,1H3,(H,25,30)(H,26,28). The molecule has 0 aliphatic carbocycles. The van der Waals surface area contributed by atoms with Crippen LogP contribution >= 0.6 is 0 Å². The van der Waals surface area contributed by atoms with E-state index < -0.39 is 23.3 Å². The third-order valence-corrected chi connectivity index (χ3v) is 4.48. The van der Waals surface area contributed by atoms with Crippen molar-refractivity contribution in [1.29, 1.82) is 0 Å². The van der Waals surface area contributed by atoms with Gasteiger partial charge < -0.3 is 15.4 Å². The van der Waals surface area contributed by atoms with Crippen molar-refractivity contribution in [2.45, 2.75) is 26.3 Å². The lowest BCUT2D eigenvalue weighted by Crippen LogP contribution is -2.27. The predicted octanol–water partition coefficient (Wildman–Crippen LogP) is 2.05. The van der Waals surface area contributed by atoms with Crippen LogP contribution in [0.3, 0.4) is 0 Å². The fraction of sp³-hybridized carbons (Fsp3) is 0.227. The Bertz CT molecular complexity index is 1210. The summed E-state index contributed by atoms with van der Waals surface area (Å²) in [6.07, 6.45) is 2.33. The van der Waals surface area contributed by atoms with Gasteiger partial charge in [-0.3, -0.25) is 23.6 Å². The van der Waals surface area contributed by atoms with Crippen molar-refractivity contribution in [3.63, 3.8) is 0 Å². The quantitative estimate of drug-likeness (QED) is 0.518. The Balaban J connectivity index is 1.73. The maximum absolute atomic E-state index is 13.0. The first-order valence-corrected chi connectivity index (χ1v) is 9.87. The molecular formula is C22H21FN4O5.